The minimum absolute atomic E-state index is 0.238. The van der Waals surface area contributed by atoms with Crippen molar-refractivity contribution in [3.63, 3.8) is 0 Å². The van der Waals surface area contributed by atoms with E-state index in [1.807, 2.05) is 33.0 Å². The number of hydrogen-bond acceptors (Lipinski definition) is 5. The first-order valence-electron chi connectivity index (χ1n) is 7.61. The molecule has 6 nitrogen and oxygen atoms in total. The zero-order valence-electron chi connectivity index (χ0n) is 13.8. The summed E-state index contributed by atoms with van der Waals surface area (Å²) in [5.74, 6) is 0.741. The summed E-state index contributed by atoms with van der Waals surface area (Å²) in [5.41, 5.74) is 0.560. The van der Waals surface area contributed by atoms with E-state index in [0.717, 1.165) is 30.9 Å². The van der Waals surface area contributed by atoms with Gasteiger partial charge in [0, 0.05) is 32.2 Å². The Bertz CT molecular complexity index is 514. The molecule has 1 aromatic heterocycles. The SMILES string of the molecule is COc1cncc(N2CCCN(C(=O)OC(C)(C)C)CC2)c1. The van der Waals surface area contributed by atoms with Gasteiger partial charge in [-0.05, 0) is 27.2 Å². The maximum absolute atomic E-state index is 12.2. The molecule has 0 spiro atoms. The lowest BCUT2D eigenvalue weighted by molar-refractivity contribution is 0.0263. The van der Waals surface area contributed by atoms with Gasteiger partial charge in [-0.3, -0.25) is 4.98 Å². The normalized spacial score (nSPS) is 16.2. The van der Waals surface area contributed by atoms with E-state index in [0.29, 0.717) is 13.1 Å². The lowest BCUT2D eigenvalue weighted by Gasteiger charge is -2.26. The first kappa shape index (κ1) is 16.4. The summed E-state index contributed by atoms with van der Waals surface area (Å²) >= 11 is 0. The molecule has 1 aliphatic heterocycles. The van der Waals surface area contributed by atoms with Crippen molar-refractivity contribution < 1.29 is 14.3 Å². The van der Waals surface area contributed by atoms with Gasteiger partial charge in [0.2, 0.25) is 0 Å². The summed E-state index contributed by atoms with van der Waals surface area (Å²) in [6.45, 7) is 8.65. The zero-order valence-corrected chi connectivity index (χ0v) is 13.8. The number of ether oxygens (including phenoxy) is 2. The van der Waals surface area contributed by atoms with Crippen LogP contribution >= 0.6 is 0 Å². The van der Waals surface area contributed by atoms with Gasteiger partial charge >= 0.3 is 6.09 Å². The topological polar surface area (TPSA) is 54.9 Å². The third kappa shape index (κ3) is 4.51. The largest absolute Gasteiger partial charge is 0.495 e. The highest BCUT2D eigenvalue weighted by atomic mass is 16.6. The molecular formula is C16H25N3O3. The van der Waals surface area contributed by atoms with Crippen molar-refractivity contribution in [2.75, 3.05) is 38.2 Å². The lowest BCUT2D eigenvalue weighted by Crippen LogP contribution is -2.39. The monoisotopic (exact) mass is 307 g/mol. The zero-order chi connectivity index (χ0) is 16.2. The van der Waals surface area contributed by atoms with Gasteiger partial charge in [-0.15, -0.1) is 0 Å². The molecule has 22 heavy (non-hydrogen) atoms. The van der Waals surface area contributed by atoms with Crippen LogP contribution in [0.25, 0.3) is 0 Å². The molecule has 0 aliphatic carbocycles. The standard InChI is InChI=1S/C16H25N3O3/c1-16(2,3)22-15(20)19-7-5-6-18(8-9-19)13-10-14(21-4)12-17-11-13/h10-12H,5-9H2,1-4H3. The number of hydrogen-bond donors (Lipinski definition) is 0. The summed E-state index contributed by atoms with van der Waals surface area (Å²) in [7, 11) is 1.63. The molecule has 1 amide bonds. The first-order valence-corrected chi connectivity index (χ1v) is 7.61. The number of methoxy groups -OCH3 is 1. The van der Waals surface area contributed by atoms with Crippen molar-refractivity contribution in [3.8, 4) is 5.75 Å². The smallest absolute Gasteiger partial charge is 0.410 e. The van der Waals surface area contributed by atoms with E-state index < -0.39 is 5.60 Å². The van der Waals surface area contributed by atoms with Gasteiger partial charge in [-0.1, -0.05) is 0 Å². The van der Waals surface area contributed by atoms with Crippen LogP contribution in [-0.2, 0) is 4.74 Å². The third-order valence-electron chi connectivity index (χ3n) is 3.45. The number of nitrogens with zero attached hydrogens (tertiary/aromatic N) is 3. The lowest BCUT2D eigenvalue weighted by atomic mass is 10.2. The van der Waals surface area contributed by atoms with Gasteiger partial charge in [0.15, 0.2) is 0 Å². The number of pyridine rings is 1. The second kappa shape index (κ2) is 6.85. The molecule has 6 heteroatoms. The van der Waals surface area contributed by atoms with Crippen molar-refractivity contribution in [1.29, 1.82) is 0 Å². The Labute approximate surface area is 132 Å². The molecule has 2 rings (SSSR count). The van der Waals surface area contributed by atoms with Gasteiger partial charge in [0.1, 0.15) is 11.4 Å². The predicted octanol–water partition coefficient (Wildman–Crippen LogP) is 2.54. The van der Waals surface area contributed by atoms with Crippen LogP contribution in [0.1, 0.15) is 27.2 Å². The summed E-state index contributed by atoms with van der Waals surface area (Å²) in [5, 5.41) is 0. The van der Waals surface area contributed by atoms with Crippen LogP contribution in [0.2, 0.25) is 0 Å². The van der Waals surface area contributed by atoms with Gasteiger partial charge in [-0.25, -0.2) is 4.79 Å². The fraction of sp³-hybridized carbons (Fsp3) is 0.625. The Kier molecular flexibility index (Phi) is 5.11. The number of carbonyl (C=O) groups excluding carboxylic acids is 1. The van der Waals surface area contributed by atoms with E-state index in [1.165, 1.54) is 0 Å². The van der Waals surface area contributed by atoms with Crippen LogP contribution in [0.15, 0.2) is 18.5 Å². The highest BCUT2D eigenvalue weighted by molar-refractivity contribution is 5.68. The van der Waals surface area contributed by atoms with Crippen LogP contribution in [0.3, 0.4) is 0 Å². The average molecular weight is 307 g/mol. The van der Waals surface area contributed by atoms with Gasteiger partial charge in [-0.2, -0.15) is 0 Å². The van der Waals surface area contributed by atoms with E-state index in [-0.39, 0.29) is 6.09 Å². The molecule has 0 aromatic carbocycles. The highest BCUT2D eigenvalue weighted by Crippen LogP contribution is 2.21. The second-order valence-corrected chi connectivity index (χ2v) is 6.39. The fourth-order valence-corrected chi connectivity index (χ4v) is 2.38. The number of carbonyl (C=O) groups is 1. The van der Waals surface area contributed by atoms with Crippen LogP contribution in [0.5, 0.6) is 5.75 Å². The fourth-order valence-electron chi connectivity index (χ4n) is 2.38. The van der Waals surface area contributed by atoms with Crippen molar-refractivity contribution in [2.24, 2.45) is 0 Å². The number of anilines is 1. The molecule has 0 saturated carbocycles. The van der Waals surface area contributed by atoms with E-state index >= 15 is 0 Å². The van der Waals surface area contributed by atoms with Crippen LogP contribution < -0.4 is 9.64 Å². The van der Waals surface area contributed by atoms with Gasteiger partial charge in [0.05, 0.1) is 25.2 Å². The molecule has 1 saturated heterocycles. The van der Waals surface area contributed by atoms with Crippen molar-refractivity contribution >= 4 is 11.8 Å². The second-order valence-electron chi connectivity index (χ2n) is 6.39. The van der Waals surface area contributed by atoms with Crippen LogP contribution in [0, 0.1) is 0 Å². The molecule has 0 atom stereocenters. The van der Waals surface area contributed by atoms with E-state index in [1.54, 1.807) is 18.2 Å². The Morgan fingerprint density at radius 1 is 1.18 bits per heavy atom. The van der Waals surface area contributed by atoms with Gasteiger partial charge < -0.3 is 19.3 Å². The summed E-state index contributed by atoms with van der Waals surface area (Å²) in [6, 6.07) is 1.97. The van der Waals surface area contributed by atoms with Crippen molar-refractivity contribution in [2.45, 2.75) is 32.8 Å². The summed E-state index contributed by atoms with van der Waals surface area (Å²) in [6.07, 6.45) is 4.18. The van der Waals surface area contributed by atoms with Crippen LogP contribution in [-0.4, -0.2) is 54.9 Å². The Balaban J connectivity index is 1.98. The Morgan fingerprint density at radius 3 is 2.64 bits per heavy atom. The molecule has 1 aromatic rings. The van der Waals surface area contributed by atoms with Gasteiger partial charge in [0.25, 0.3) is 0 Å². The maximum Gasteiger partial charge on any atom is 0.410 e. The predicted molar refractivity (Wildman–Crippen MR) is 85.4 cm³/mol. The maximum atomic E-state index is 12.2. The first-order chi connectivity index (χ1) is 10.4. The number of aromatic nitrogens is 1. The summed E-state index contributed by atoms with van der Waals surface area (Å²) in [4.78, 5) is 20.4. The average Bonchev–Trinajstić information content (AvgIpc) is 2.71. The molecule has 1 aliphatic rings. The number of amides is 1. The Morgan fingerprint density at radius 2 is 1.95 bits per heavy atom. The summed E-state index contributed by atoms with van der Waals surface area (Å²) < 4.78 is 10.7. The van der Waals surface area contributed by atoms with Crippen molar-refractivity contribution in [3.05, 3.63) is 18.5 Å². The minimum Gasteiger partial charge on any atom is -0.495 e. The number of rotatable bonds is 2. The molecule has 1 fully saturated rings. The van der Waals surface area contributed by atoms with E-state index in [9.17, 15) is 4.79 Å². The molecule has 0 unspecified atom stereocenters. The van der Waals surface area contributed by atoms with E-state index in [2.05, 4.69) is 9.88 Å². The molecular weight excluding hydrogens is 282 g/mol. The third-order valence-corrected chi connectivity index (χ3v) is 3.45. The van der Waals surface area contributed by atoms with E-state index in [4.69, 9.17) is 9.47 Å². The molecule has 0 N–H and O–H groups in total. The minimum atomic E-state index is -0.459. The molecule has 0 radical (unpaired) electrons. The highest BCUT2D eigenvalue weighted by Gasteiger charge is 2.24. The molecule has 122 valence electrons. The Hall–Kier alpha value is -1.98. The quantitative estimate of drug-likeness (QED) is 0.840. The molecule has 0 bridgehead atoms. The van der Waals surface area contributed by atoms with Crippen molar-refractivity contribution in [1.82, 2.24) is 9.88 Å². The van der Waals surface area contributed by atoms with Crippen LogP contribution in [0.4, 0.5) is 10.5 Å². The molecule has 2 heterocycles.